The van der Waals surface area contributed by atoms with Crippen LogP contribution in [0, 0.1) is 5.92 Å². The van der Waals surface area contributed by atoms with E-state index in [1.807, 2.05) is 6.08 Å². The van der Waals surface area contributed by atoms with E-state index in [2.05, 4.69) is 6.92 Å². The predicted molar refractivity (Wildman–Crippen MR) is 59.1 cm³/mol. The van der Waals surface area contributed by atoms with E-state index in [1.54, 1.807) is 26.7 Å². The van der Waals surface area contributed by atoms with Crippen LogP contribution >= 0.6 is 0 Å². The first-order chi connectivity index (χ1) is 7.29. The average Bonchev–Trinajstić information content (AvgIpc) is 2.60. The minimum atomic E-state index is 0.242. The summed E-state index contributed by atoms with van der Waals surface area (Å²) in [7, 11) is 3.36. The van der Waals surface area contributed by atoms with Gasteiger partial charge in [0.2, 0.25) is 0 Å². The Morgan fingerprint density at radius 2 is 2.27 bits per heavy atom. The molecular formula is C12H20O3. The van der Waals surface area contributed by atoms with Gasteiger partial charge < -0.3 is 14.2 Å². The third-order valence-corrected chi connectivity index (χ3v) is 2.68. The molecule has 0 fully saturated rings. The molecule has 0 aliphatic carbocycles. The van der Waals surface area contributed by atoms with Gasteiger partial charge in [0.1, 0.15) is 18.1 Å². The van der Waals surface area contributed by atoms with Crippen LogP contribution in [0.15, 0.2) is 24.4 Å². The van der Waals surface area contributed by atoms with E-state index >= 15 is 0 Å². The van der Waals surface area contributed by atoms with Gasteiger partial charge in [0, 0.05) is 0 Å². The first kappa shape index (κ1) is 12.0. The van der Waals surface area contributed by atoms with E-state index in [0.717, 1.165) is 25.0 Å². The summed E-state index contributed by atoms with van der Waals surface area (Å²) < 4.78 is 15.5. The molecule has 0 saturated heterocycles. The molecule has 1 aliphatic rings. The number of hydrogen-bond donors (Lipinski definition) is 0. The van der Waals surface area contributed by atoms with Gasteiger partial charge in [-0.25, -0.2) is 0 Å². The summed E-state index contributed by atoms with van der Waals surface area (Å²) in [5, 5.41) is 0. The van der Waals surface area contributed by atoms with Crippen molar-refractivity contribution in [2.24, 2.45) is 5.92 Å². The van der Waals surface area contributed by atoms with Crippen LogP contribution in [-0.2, 0) is 14.2 Å². The van der Waals surface area contributed by atoms with Crippen LogP contribution in [-0.4, -0.2) is 20.3 Å². The van der Waals surface area contributed by atoms with Crippen molar-refractivity contribution in [2.45, 2.75) is 32.3 Å². The van der Waals surface area contributed by atoms with Gasteiger partial charge in [-0.05, 0) is 32.3 Å². The largest absolute Gasteiger partial charge is 0.505 e. The molecule has 0 aromatic carbocycles. The normalized spacial score (nSPS) is 25.1. The maximum Gasteiger partial charge on any atom is 0.137 e. The molecule has 3 heteroatoms. The highest BCUT2D eigenvalue weighted by Crippen LogP contribution is 2.30. The topological polar surface area (TPSA) is 27.7 Å². The second kappa shape index (κ2) is 6.38. The van der Waals surface area contributed by atoms with Crippen molar-refractivity contribution in [3.8, 4) is 0 Å². The molecule has 3 nitrogen and oxygen atoms in total. The number of rotatable bonds is 6. The number of hydrogen-bond acceptors (Lipinski definition) is 3. The second-order valence-corrected chi connectivity index (χ2v) is 3.71. The van der Waals surface area contributed by atoms with Gasteiger partial charge in [0.15, 0.2) is 0 Å². The van der Waals surface area contributed by atoms with E-state index in [0.29, 0.717) is 5.92 Å². The van der Waals surface area contributed by atoms with Crippen molar-refractivity contribution in [2.75, 3.05) is 14.2 Å². The van der Waals surface area contributed by atoms with E-state index in [1.165, 1.54) is 0 Å². The fraction of sp³-hybridized carbons (Fsp3) is 0.667. The summed E-state index contributed by atoms with van der Waals surface area (Å²) in [6.07, 6.45) is 8.99. The Morgan fingerprint density at radius 3 is 2.93 bits per heavy atom. The number of methoxy groups -OCH3 is 2. The van der Waals surface area contributed by atoms with Crippen molar-refractivity contribution >= 4 is 0 Å². The predicted octanol–water partition coefficient (Wildman–Crippen LogP) is 2.84. The van der Waals surface area contributed by atoms with E-state index < -0.39 is 0 Å². The van der Waals surface area contributed by atoms with Crippen molar-refractivity contribution in [1.82, 2.24) is 0 Å². The van der Waals surface area contributed by atoms with Crippen LogP contribution in [0.4, 0.5) is 0 Å². The second-order valence-electron chi connectivity index (χ2n) is 3.71. The molecular weight excluding hydrogens is 192 g/mol. The van der Waals surface area contributed by atoms with Crippen molar-refractivity contribution in [3.63, 3.8) is 0 Å². The van der Waals surface area contributed by atoms with Crippen LogP contribution in [0.1, 0.15) is 26.2 Å². The fourth-order valence-electron chi connectivity index (χ4n) is 1.78. The lowest BCUT2D eigenvalue weighted by molar-refractivity contribution is 0.136. The number of ether oxygens (including phenoxy) is 3. The summed E-state index contributed by atoms with van der Waals surface area (Å²) in [4.78, 5) is 0. The zero-order chi connectivity index (χ0) is 11.1. The van der Waals surface area contributed by atoms with Gasteiger partial charge in [-0.2, -0.15) is 0 Å². The Bertz CT molecular complexity index is 233. The third kappa shape index (κ3) is 3.50. The Balaban J connectivity index is 2.25. The highest BCUT2D eigenvalue weighted by Gasteiger charge is 2.28. The van der Waals surface area contributed by atoms with Crippen LogP contribution in [0.2, 0.25) is 0 Å². The standard InChI is InChI=1S/C12H20O3/c1-10-11(12(14-3)9-15-10)7-5-4-6-8-13-2/h6,8-11H,4-5,7H2,1-3H3/b8-6+/t10-,11-/m1/s1. The van der Waals surface area contributed by atoms with Gasteiger partial charge >= 0.3 is 0 Å². The van der Waals surface area contributed by atoms with Gasteiger partial charge in [-0.3, -0.25) is 0 Å². The Kier molecular flexibility index (Phi) is 5.08. The van der Waals surface area contributed by atoms with Crippen LogP contribution in [0.25, 0.3) is 0 Å². The van der Waals surface area contributed by atoms with E-state index in [9.17, 15) is 0 Å². The molecule has 0 radical (unpaired) electrons. The lowest BCUT2D eigenvalue weighted by atomic mass is 9.96. The van der Waals surface area contributed by atoms with Gasteiger partial charge in [0.05, 0.1) is 26.4 Å². The van der Waals surface area contributed by atoms with Gasteiger partial charge in [0.25, 0.3) is 0 Å². The maximum atomic E-state index is 5.42. The van der Waals surface area contributed by atoms with E-state index in [-0.39, 0.29) is 6.10 Å². The van der Waals surface area contributed by atoms with Crippen LogP contribution in [0.5, 0.6) is 0 Å². The van der Waals surface area contributed by atoms with Crippen molar-refractivity contribution in [1.29, 1.82) is 0 Å². The Labute approximate surface area is 91.7 Å². The van der Waals surface area contributed by atoms with Crippen molar-refractivity contribution in [3.05, 3.63) is 24.4 Å². The average molecular weight is 212 g/mol. The van der Waals surface area contributed by atoms with Gasteiger partial charge in [-0.1, -0.05) is 0 Å². The smallest absolute Gasteiger partial charge is 0.137 e. The molecule has 0 spiro atoms. The van der Waals surface area contributed by atoms with E-state index in [4.69, 9.17) is 14.2 Å². The first-order valence-corrected chi connectivity index (χ1v) is 5.37. The summed E-state index contributed by atoms with van der Waals surface area (Å²) >= 11 is 0. The lowest BCUT2D eigenvalue weighted by Gasteiger charge is -2.16. The molecule has 0 unspecified atom stereocenters. The molecule has 1 rings (SSSR count). The molecule has 86 valence electrons. The summed E-state index contributed by atoms with van der Waals surface area (Å²) in [6, 6.07) is 0. The van der Waals surface area contributed by atoms with Gasteiger partial charge in [-0.15, -0.1) is 0 Å². The quantitative estimate of drug-likeness (QED) is 0.500. The SMILES string of the molecule is CO/C=C/CCC[C@H]1C(OC)=CO[C@@H]1C. The molecule has 1 heterocycles. The highest BCUT2D eigenvalue weighted by atomic mass is 16.5. The molecule has 0 bridgehead atoms. The monoisotopic (exact) mass is 212 g/mol. The molecule has 0 amide bonds. The Morgan fingerprint density at radius 1 is 1.47 bits per heavy atom. The number of unbranched alkanes of at least 4 members (excludes halogenated alkanes) is 1. The fourth-order valence-corrected chi connectivity index (χ4v) is 1.78. The summed E-state index contributed by atoms with van der Waals surface area (Å²) in [5.41, 5.74) is 0. The highest BCUT2D eigenvalue weighted by molar-refractivity contribution is 5.03. The van der Waals surface area contributed by atoms with Crippen LogP contribution in [0.3, 0.4) is 0 Å². The molecule has 0 saturated carbocycles. The number of allylic oxidation sites excluding steroid dienone is 1. The summed E-state index contributed by atoms with van der Waals surface area (Å²) in [6.45, 7) is 2.08. The molecule has 15 heavy (non-hydrogen) atoms. The molecule has 0 aromatic heterocycles. The molecule has 2 atom stereocenters. The minimum Gasteiger partial charge on any atom is -0.505 e. The maximum absolute atomic E-state index is 5.42. The lowest BCUT2D eigenvalue weighted by Crippen LogP contribution is -2.15. The molecule has 0 N–H and O–H groups in total. The van der Waals surface area contributed by atoms with Crippen molar-refractivity contribution < 1.29 is 14.2 Å². The zero-order valence-electron chi connectivity index (χ0n) is 9.73. The Hall–Kier alpha value is -1.12. The third-order valence-electron chi connectivity index (χ3n) is 2.68. The molecule has 0 aromatic rings. The summed E-state index contributed by atoms with van der Waals surface area (Å²) in [5.74, 6) is 1.38. The molecule has 1 aliphatic heterocycles. The minimum absolute atomic E-state index is 0.242. The zero-order valence-corrected chi connectivity index (χ0v) is 9.73. The van der Waals surface area contributed by atoms with Crippen LogP contribution < -0.4 is 0 Å². The first-order valence-electron chi connectivity index (χ1n) is 5.37.